The van der Waals surface area contributed by atoms with Crippen molar-refractivity contribution in [3.05, 3.63) is 53.6 Å². The number of carbonyl (C=O) groups excluding carboxylic acids is 1. The van der Waals surface area contributed by atoms with Crippen molar-refractivity contribution in [3.63, 3.8) is 0 Å². The number of alkyl halides is 1. The number of hydrogen-bond acceptors (Lipinski definition) is 7. The number of nitrogens with one attached hydrogen (secondary N) is 1. The molecule has 0 aliphatic carbocycles. The molecule has 11 heteroatoms. The first kappa shape index (κ1) is 30.2. The first-order valence-electron chi connectivity index (χ1n) is 12.6. The first-order chi connectivity index (χ1) is 18.2. The number of hydrogen-bond donors (Lipinski definition) is 2. The summed E-state index contributed by atoms with van der Waals surface area (Å²) in [6, 6.07) is 11.0. The lowest BCUT2D eigenvalue weighted by Crippen LogP contribution is -2.48. The van der Waals surface area contributed by atoms with Crippen LogP contribution in [0.5, 0.6) is 0 Å². The number of amides is 1. The molecule has 4 rings (SSSR count). The van der Waals surface area contributed by atoms with Crippen LogP contribution in [-0.4, -0.2) is 54.6 Å². The zero-order valence-electron chi connectivity index (χ0n) is 21.4. The second-order valence-electron chi connectivity index (χ2n) is 9.41. The Hall–Kier alpha value is -2.39. The minimum Gasteiger partial charge on any atom is -0.395 e. The highest BCUT2D eigenvalue weighted by molar-refractivity contribution is 7.99. The van der Waals surface area contributed by atoms with Crippen LogP contribution in [0.3, 0.4) is 0 Å². The van der Waals surface area contributed by atoms with Crippen molar-refractivity contribution in [1.29, 1.82) is 5.26 Å². The molecule has 1 amide bonds. The van der Waals surface area contributed by atoms with Crippen LogP contribution in [0.4, 0.5) is 18.9 Å². The summed E-state index contributed by atoms with van der Waals surface area (Å²) in [5.41, 5.74) is 4.45. The molecule has 0 spiro atoms. The number of carbonyl (C=O) groups is 1. The van der Waals surface area contributed by atoms with Gasteiger partial charge in [0.15, 0.2) is 0 Å². The number of thioether (sulfide) groups is 1. The Bertz CT molecular complexity index is 1100. The Morgan fingerprint density at radius 1 is 1.21 bits per heavy atom. The zero-order valence-corrected chi connectivity index (χ0v) is 23.0. The lowest BCUT2D eigenvalue weighted by atomic mass is 9.95. The maximum absolute atomic E-state index is 13.6. The lowest BCUT2D eigenvalue weighted by molar-refractivity contribution is -0.148. The standard InChI is InChI=1S/C14H16FN3O2S.C13H17F2NS/c1-14(4-2-3-5-20-14)13(19)18-21-10-6-9(8-16)12(17)11(15)7-10;14-11-3-5-13(6-4-11)17-8-2-1-7-16-9-12(15)10-16/h6-7H,2-5,17H2,1H3,(H,18,19);3-6,12H,1-2,7-10H2. The molecule has 0 aromatic heterocycles. The number of likely N-dealkylation sites (tertiary alicyclic amines) is 1. The number of ether oxygens (including phenoxy) is 1. The second-order valence-corrected chi connectivity index (χ2v) is 11.5. The molecule has 2 aliphatic rings. The molecule has 0 bridgehead atoms. The van der Waals surface area contributed by atoms with E-state index < -0.39 is 17.6 Å². The van der Waals surface area contributed by atoms with Gasteiger partial charge in [-0.1, -0.05) is 0 Å². The van der Waals surface area contributed by atoms with Crippen LogP contribution in [0.2, 0.25) is 0 Å². The molecule has 1 atom stereocenters. The molecule has 6 nitrogen and oxygen atoms in total. The molecular weight excluding hydrogens is 533 g/mol. The van der Waals surface area contributed by atoms with E-state index in [2.05, 4.69) is 9.62 Å². The van der Waals surface area contributed by atoms with Gasteiger partial charge in [0.2, 0.25) is 0 Å². The normalized spacial score (nSPS) is 19.6. The van der Waals surface area contributed by atoms with E-state index in [0.29, 0.717) is 31.0 Å². The van der Waals surface area contributed by atoms with Crippen LogP contribution in [0.15, 0.2) is 46.2 Å². The lowest BCUT2D eigenvalue weighted by Gasteiger charge is -2.34. The van der Waals surface area contributed by atoms with Crippen LogP contribution < -0.4 is 10.5 Å². The van der Waals surface area contributed by atoms with Crippen LogP contribution in [-0.2, 0) is 9.53 Å². The fraction of sp³-hybridized carbons (Fsp3) is 0.481. The molecular formula is C27H33F3N4O2S2. The van der Waals surface area contributed by atoms with Gasteiger partial charge in [0, 0.05) is 29.5 Å². The van der Waals surface area contributed by atoms with Gasteiger partial charge in [-0.2, -0.15) is 5.26 Å². The van der Waals surface area contributed by atoms with Crippen molar-refractivity contribution in [2.24, 2.45) is 0 Å². The highest BCUT2D eigenvalue weighted by atomic mass is 32.2. The molecule has 0 saturated carbocycles. The van der Waals surface area contributed by atoms with Crippen molar-refractivity contribution >= 4 is 35.3 Å². The van der Waals surface area contributed by atoms with E-state index in [-0.39, 0.29) is 23.0 Å². The third-order valence-corrected chi connectivity index (χ3v) is 8.16. The first-order valence-corrected chi connectivity index (χ1v) is 14.4. The van der Waals surface area contributed by atoms with Gasteiger partial charge in [-0.15, -0.1) is 11.8 Å². The molecule has 1 unspecified atom stereocenters. The average molecular weight is 567 g/mol. The number of benzene rings is 2. The van der Waals surface area contributed by atoms with Gasteiger partial charge in [0.05, 0.1) is 11.3 Å². The molecule has 2 heterocycles. The van der Waals surface area contributed by atoms with E-state index in [4.69, 9.17) is 15.7 Å². The summed E-state index contributed by atoms with van der Waals surface area (Å²) in [5.74, 6) is -0.0831. The second kappa shape index (κ2) is 14.7. The summed E-state index contributed by atoms with van der Waals surface area (Å²) in [4.78, 5) is 15.8. The molecule has 2 fully saturated rings. The van der Waals surface area contributed by atoms with E-state index in [1.807, 2.05) is 18.2 Å². The van der Waals surface area contributed by atoms with Gasteiger partial charge in [0.1, 0.15) is 29.5 Å². The van der Waals surface area contributed by atoms with Crippen molar-refractivity contribution in [2.75, 3.05) is 37.7 Å². The average Bonchev–Trinajstić information content (AvgIpc) is 2.89. The summed E-state index contributed by atoms with van der Waals surface area (Å²) in [5, 5.41) is 8.88. The number of nitriles is 1. The minimum absolute atomic E-state index is 0.0480. The largest absolute Gasteiger partial charge is 0.395 e. The minimum atomic E-state index is -0.852. The molecule has 0 radical (unpaired) electrons. The Balaban J connectivity index is 0.000000215. The third kappa shape index (κ3) is 9.12. The maximum Gasteiger partial charge on any atom is 0.262 e. The number of nitrogens with zero attached hydrogens (tertiary/aromatic N) is 2. The van der Waals surface area contributed by atoms with Crippen LogP contribution in [0, 0.1) is 23.0 Å². The predicted molar refractivity (Wildman–Crippen MR) is 145 cm³/mol. The van der Waals surface area contributed by atoms with Crippen molar-refractivity contribution < 1.29 is 22.7 Å². The molecule has 2 aliphatic heterocycles. The van der Waals surface area contributed by atoms with Crippen LogP contribution in [0.25, 0.3) is 0 Å². The fourth-order valence-corrected chi connectivity index (χ4v) is 5.60. The van der Waals surface area contributed by atoms with Crippen LogP contribution in [0.1, 0.15) is 44.6 Å². The molecule has 206 valence electrons. The Morgan fingerprint density at radius 3 is 2.58 bits per heavy atom. The van der Waals surface area contributed by atoms with E-state index in [9.17, 15) is 18.0 Å². The Morgan fingerprint density at radius 2 is 1.95 bits per heavy atom. The van der Waals surface area contributed by atoms with E-state index >= 15 is 0 Å². The van der Waals surface area contributed by atoms with E-state index in [1.165, 1.54) is 24.3 Å². The van der Waals surface area contributed by atoms with Crippen molar-refractivity contribution in [2.45, 2.75) is 60.6 Å². The number of rotatable bonds is 9. The van der Waals surface area contributed by atoms with Crippen molar-refractivity contribution in [3.8, 4) is 6.07 Å². The monoisotopic (exact) mass is 566 g/mol. The zero-order chi connectivity index (χ0) is 27.5. The quantitative estimate of drug-likeness (QED) is 0.174. The Labute approximate surface area is 230 Å². The molecule has 2 aromatic carbocycles. The van der Waals surface area contributed by atoms with Gasteiger partial charge in [-0.3, -0.25) is 14.4 Å². The summed E-state index contributed by atoms with van der Waals surface area (Å²) in [6.45, 7) is 4.54. The van der Waals surface area contributed by atoms with E-state index in [0.717, 1.165) is 54.8 Å². The molecule has 2 saturated heterocycles. The molecule has 3 N–H and O–H groups in total. The van der Waals surface area contributed by atoms with Gasteiger partial charge in [-0.25, -0.2) is 13.2 Å². The van der Waals surface area contributed by atoms with E-state index in [1.54, 1.807) is 18.7 Å². The molecule has 2 aromatic rings. The molecule has 38 heavy (non-hydrogen) atoms. The summed E-state index contributed by atoms with van der Waals surface area (Å²) in [7, 11) is 0. The van der Waals surface area contributed by atoms with Gasteiger partial charge in [-0.05, 0) is 99.7 Å². The number of unbranched alkanes of at least 4 members (excludes halogenated alkanes) is 1. The maximum atomic E-state index is 13.6. The highest BCUT2D eigenvalue weighted by Gasteiger charge is 2.36. The van der Waals surface area contributed by atoms with Crippen LogP contribution >= 0.6 is 23.7 Å². The SMILES string of the molecule is CC1(C(=O)NSc2cc(F)c(N)c(C#N)c2)CCCCO1.Fc1ccc(SCCCCN2CC(F)C2)cc1. The van der Waals surface area contributed by atoms with Gasteiger partial charge >= 0.3 is 0 Å². The number of nitrogen functional groups attached to an aromatic ring is 1. The topological polar surface area (TPSA) is 91.4 Å². The Kier molecular flexibility index (Phi) is 11.6. The summed E-state index contributed by atoms with van der Waals surface area (Å²) < 4.78 is 46.9. The van der Waals surface area contributed by atoms with Gasteiger partial charge < -0.3 is 10.5 Å². The summed E-state index contributed by atoms with van der Waals surface area (Å²) in [6.07, 6.45) is 4.17. The highest BCUT2D eigenvalue weighted by Crippen LogP contribution is 2.28. The van der Waals surface area contributed by atoms with Crippen molar-refractivity contribution in [1.82, 2.24) is 9.62 Å². The fourth-order valence-electron chi connectivity index (χ4n) is 3.92. The number of anilines is 1. The summed E-state index contributed by atoms with van der Waals surface area (Å²) >= 11 is 2.69. The third-order valence-electron chi connectivity index (χ3n) is 6.30. The van der Waals surface area contributed by atoms with Gasteiger partial charge in [0.25, 0.3) is 5.91 Å². The predicted octanol–water partition coefficient (Wildman–Crippen LogP) is 5.71. The number of halogens is 3. The number of nitrogens with two attached hydrogens (primary N) is 1. The smallest absolute Gasteiger partial charge is 0.262 e.